The van der Waals surface area contributed by atoms with Crippen molar-refractivity contribution in [3.8, 4) is 17.1 Å². The molecule has 2 aromatic heterocycles. The number of pyridine rings is 1. The topological polar surface area (TPSA) is 75.5 Å². The Labute approximate surface area is 218 Å². The third kappa shape index (κ3) is 7.07. The fourth-order valence-electron chi connectivity index (χ4n) is 5.14. The van der Waals surface area contributed by atoms with Crippen molar-refractivity contribution in [2.45, 2.75) is 57.8 Å². The molecular formula is C30H35N3O4. The lowest BCUT2D eigenvalue weighted by Crippen LogP contribution is -2.20. The van der Waals surface area contributed by atoms with Crippen LogP contribution in [0.5, 0.6) is 5.75 Å². The largest absolute Gasteiger partial charge is 0.492 e. The fourth-order valence-corrected chi connectivity index (χ4v) is 5.14. The van der Waals surface area contributed by atoms with Gasteiger partial charge in [0.05, 0.1) is 24.2 Å². The molecule has 0 amide bonds. The van der Waals surface area contributed by atoms with E-state index < -0.39 is 0 Å². The lowest BCUT2D eigenvalue weighted by molar-refractivity contribution is -0.139. The summed E-state index contributed by atoms with van der Waals surface area (Å²) >= 11 is 0. The van der Waals surface area contributed by atoms with Crippen LogP contribution in [0, 0.1) is 11.8 Å². The van der Waals surface area contributed by atoms with Crippen LogP contribution in [0.3, 0.4) is 0 Å². The smallest absolute Gasteiger partial charge is 0.330 e. The van der Waals surface area contributed by atoms with Crippen LogP contribution in [0.2, 0.25) is 0 Å². The van der Waals surface area contributed by atoms with Crippen LogP contribution in [0.4, 0.5) is 0 Å². The van der Waals surface area contributed by atoms with Crippen LogP contribution in [0.1, 0.15) is 56.7 Å². The van der Waals surface area contributed by atoms with Crippen molar-refractivity contribution in [2.75, 3.05) is 13.2 Å². The zero-order valence-corrected chi connectivity index (χ0v) is 21.2. The highest BCUT2D eigenvalue weighted by Gasteiger charge is 2.22. The molecule has 0 N–H and O–H groups in total. The second-order valence-corrected chi connectivity index (χ2v) is 9.92. The Morgan fingerprint density at radius 1 is 1.05 bits per heavy atom. The normalized spacial score (nSPS) is 22.1. The molecule has 2 aliphatic rings. The molecule has 7 heteroatoms. The third-order valence-corrected chi connectivity index (χ3v) is 7.13. The van der Waals surface area contributed by atoms with Crippen molar-refractivity contribution >= 4 is 5.97 Å². The van der Waals surface area contributed by atoms with E-state index in [9.17, 15) is 4.79 Å². The second kappa shape index (κ2) is 12.7. The minimum Gasteiger partial charge on any atom is -0.492 e. The number of aromatic nitrogens is 3. The van der Waals surface area contributed by atoms with Crippen molar-refractivity contribution in [1.82, 2.24) is 14.8 Å². The molecule has 1 aliphatic carbocycles. The van der Waals surface area contributed by atoms with E-state index in [1.54, 1.807) is 18.5 Å². The highest BCUT2D eigenvalue weighted by Crippen LogP contribution is 2.31. The third-order valence-electron chi connectivity index (χ3n) is 7.13. The van der Waals surface area contributed by atoms with Gasteiger partial charge in [0.25, 0.3) is 0 Å². The SMILES string of the molecule is O=C(/C=C/C1CCCC(COc2ccc(-c3ccnn3C3CCCCO3)nc2)C1)OCc1ccccc1. The molecule has 194 valence electrons. The molecule has 0 bridgehead atoms. The standard InChI is InChI=1S/C30H35N3O4/c34-30(37-21-24-7-2-1-3-8-24)15-12-23-9-6-10-25(19-23)22-36-26-13-14-27(31-20-26)28-16-17-32-33(28)29-11-4-5-18-35-29/h1-3,7-8,12-17,20,23,25,29H,4-6,9-11,18-19,21-22H2/b15-12+. The first kappa shape index (κ1) is 25.2. The van der Waals surface area contributed by atoms with Gasteiger partial charge >= 0.3 is 5.97 Å². The first-order valence-corrected chi connectivity index (χ1v) is 13.4. The molecule has 0 radical (unpaired) electrons. The van der Waals surface area contributed by atoms with E-state index in [0.717, 1.165) is 74.3 Å². The Morgan fingerprint density at radius 2 is 1.97 bits per heavy atom. The van der Waals surface area contributed by atoms with Gasteiger partial charge in [0.2, 0.25) is 0 Å². The average molecular weight is 502 g/mol. The lowest BCUT2D eigenvalue weighted by atomic mass is 9.81. The molecule has 3 atom stereocenters. The van der Waals surface area contributed by atoms with Gasteiger partial charge in [0, 0.05) is 18.9 Å². The van der Waals surface area contributed by atoms with Crippen molar-refractivity contribution < 1.29 is 19.0 Å². The summed E-state index contributed by atoms with van der Waals surface area (Å²) in [5.41, 5.74) is 2.81. The predicted molar refractivity (Wildman–Crippen MR) is 141 cm³/mol. The van der Waals surface area contributed by atoms with Gasteiger partial charge in [0.1, 0.15) is 12.4 Å². The van der Waals surface area contributed by atoms with E-state index in [-0.39, 0.29) is 12.2 Å². The zero-order chi connectivity index (χ0) is 25.3. The maximum atomic E-state index is 12.1. The summed E-state index contributed by atoms with van der Waals surface area (Å²) < 4.78 is 19.3. The van der Waals surface area contributed by atoms with Gasteiger partial charge < -0.3 is 14.2 Å². The van der Waals surface area contributed by atoms with Gasteiger partial charge in [-0.15, -0.1) is 0 Å². The highest BCUT2D eigenvalue weighted by molar-refractivity contribution is 5.81. The summed E-state index contributed by atoms with van der Waals surface area (Å²) in [6, 6.07) is 15.7. The molecular weight excluding hydrogens is 466 g/mol. The molecule has 1 saturated heterocycles. The number of hydrogen-bond acceptors (Lipinski definition) is 6. The van der Waals surface area contributed by atoms with Crippen LogP contribution < -0.4 is 4.74 Å². The molecule has 1 aliphatic heterocycles. The minimum absolute atomic E-state index is 0.0181. The van der Waals surface area contributed by atoms with Crippen molar-refractivity contribution in [2.24, 2.45) is 11.8 Å². The summed E-state index contributed by atoms with van der Waals surface area (Å²) in [4.78, 5) is 16.8. The van der Waals surface area contributed by atoms with Crippen LogP contribution in [0.25, 0.3) is 11.4 Å². The van der Waals surface area contributed by atoms with Gasteiger partial charge in [-0.25, -0.2) is 9.48 Å². The van der Waals surface area contributed by atoms with E-state index >= 15 is 0 Å². The van der Waals surface area contributed by atoms with Gasteiger partial charge in [-0.1, -0.05) is 42.8 Å². The summed E-state index contributed by atoms with van der Waals surface area (Å²) in [6.07, 6.45) is 14.8. The molecule has 7 nitrogen and oxygen atoms in total. The average Bonchev–Trinajstić information content (AvgIpc) is 3.46. The van der Waals surface area contributed by atoms with Crippen LogP contribution in [-0.2, 0) is 20.9 Å². The quantitative estimate of drug-likeness (QED) is 0.259. The molecule has 3 aromatic rings. The molecule has 5 rings (SSSR count). The Balaban J connectivity index is 1.09. The molecule has 0 spiro atoms. The fraction of sp³-hybridized carbons (Fsp3) is 0.433. The second-order valence-electron chi connectivity index (χ2n) is 9.92. The van der Waals surface area contributed by atoms with Gasteiger partial charge in [-0.05, 0) is 74.1 Å². The van der Waals surface area contributed by atoms with Gasteiger partial charge in [-0.3, -0.25) is 4.98 Å². The van der Waals surface area contributed by atoms with E-state index in [4.69, 9.17) is 14.2 Å². The molecule has 1 saturated carbocycles. The number of nitrogens with zero attached hydrogens (tertiary/aromatic N) is 3. The number of carbonyl (C=O) groups is 1. The number of carbonyl (C=O) groups excluding carboxylic acids is 1. The monoisotopic (exact) mass is 501 g/mol. The predicted octanol–water partition coefficient (Wildman–Crippen LogP) is 6.13. The van der Waals surface area contributed by atoms with E-state index in [2.05, 4.69) is 10.1 Å². The number of ether oxygens (including phenoxy) is 3. The Morgan fingerprint density at radius 3 is 2.78 bits per heavy atom. The molecule has 37 heavy (non-hydrogen) atoms. The summed E-state index contributed by atoms with van der Waals surface area (Å²) in [5, 5.41) is 4.48. The van der Waals surface area contributed by atoms with Crippen LogP contribution in [-0.4, -0.2) is 33.9 Å². The van der Waals surface area contributed by atoms with Crippen molar-refractivity contribution in [1.29, 1.82) is 0 Å². The Bertz CT molecular complexity index is 1150. The molecule has 2 fully saturated rings. The highest BCUT2D eigenvalue weighted by atomic mass is 16.5. The molecule has 3 heterocycles. The molecule has 3 unspecified atom stereocenters. The minimum atomic E-state index is -0.287. The van der Waals surface area contributed by atoms with Crippen molar-refractivity contribution in [3.05, 3.63) is 78.6 Å². The summed E-state index contributed by atoms with van der Waals surface area (Å²) in [6.45, 7) is 1.73. The lowest BCUT2D eigenvalue weighted by Gasteiger charge is -2.27. The first-order valence-electron chi connectivity index (χ1n) is 13.4. The van der Waals surface area contributed by atoms with Crippen molar-refractivity contribution in [3.63, 3.8) is 0 Å². The number of esters is 1. The van der Waals surface area contributed by atoms with E-state index in [1.165, 1.54) is 0 Å². The van der Waals surface area contributed by atoms with Gasteiger partial charge in [0.15, 0.2) is 6.23 Å². The van der Waals surface area contributed by atoms with E-state index in [1.807, 2.05) is 59.3 Å². The van der Waals surface area contributed by atoms with E-state index in [0.29, 0.717) is 25.0 Å². The summed E-state index contributed by atoms with van der Waals surface area (Å²) in [7, 11) is 0. The Hall–Kier alpha value is -3.45. The van der Waals surface area contributed by atoms with Gasteiger partial charge in [-0.2, -0.15) is 5.10 Å². The molecule has 1 aromatic carbocycles. The Kier molecular flexibility index (Phi) is 8.64. The number of allylic oxidation sites excluding steroid dienone is 1. The zero-order valence-electron chi connectivity index (χ0n) is 21.2. The number of rotatable bonds is 9. The first-order chi connectivity index (χ1) is 18.2. The maximum Gasteiger partial charge on any atom is 0.330 e. The maximum absolute atomic E-state index is 12.1. The summed E-state index contributed by atoms with van der Waals surface area (Å²) in [5.74, 6) is 1.30. The van der Waals surface area contributed by atoms with Crippen LogP contribution in [0.15, 0.2) is 73.1 Å². The number of hydrogen-bond donors (Lipinski definition) is 0. The van der Waals surface area contributed by atoms with Crippen LogP contribution >= 0.6 is 0 Å². The number of benzene rings is 1.